The van der Waals surface area contributed by atoms with E-state index >= 15 is 0 Å². The van der Waals surface area contributed by atoms with Crippen LogP contribution in [-0.4, -0.2) is 33.8 Å². The van der Waals surface area contributed by atoms with Gasteiger partial charge < -0.3 is 14.8 Å². The number of rotatable bonds is 10. The van der Waals surface area contributed by atoms with E-state index in [4.69, 9.17) is 9.47 Å². The number of hydrogen-bond donors (Lipinski definition) is 2. The molecule has 0 bridgehead atoms. The SMILES string of the molecule is CS(=O)(=O)Nc1ccccc1CNC(=O)c1ccccc1OCCOc1ccccc1. The number of hydrogen-bond acceptors (Lipinski definition) is 5. The average Bonchev–Trinajstić information content (AvgIpc) is 2.76. The van der Waals surface area contributed by atoms with Crippen LogP contribution in [0.5, 0.6) is 11.5 Å². The molecule has 1 amide bonds. The van der Waals surface area contributed by atoms with E-state index in [1.54, 1.807) is 48.5 Å². The fourth-order valence-electron chi connectivity index (χ4n) is 2.85. The Hall–Kier alpha value is -3.52. The zero-order valence-electron chi connectivity index (χ0n) is 17.1. The number of anilines is 1. The Balaban J connectivity index is 1.59. The van der Waals surface area contributed by atoms with Gasteiger partial charge in [0.25, 0.3) is 5.91 Å². The molecular weight excluding hydrogens is 416 g/mol. The van der Waals surface area contributed by atoms with Crippen LogP contribution in [0.25, 0.3) is 0 Å². The van der Waals surface area contributed by atoms with Crippen LogP contribution in [0.3, 0.4) is 0 Å². The molecule has 0 heterocycles. The van der Waals surface area contributed by atoms with Crippen molar-refractivity contribution in [3.63, 3.8) is 0 Å². The molecule has 0 atom stereocenters. The first kappa shape index (κ1) is 22.2. The summed E-state index contributed by atoms with van der Waals surface area (Å²) in [6.07, 6.45) is 1.08. The Bertz CT molecular complexity index is 1120. The summed E-state index contributed by atoms with van der Waals surface area (Å²) in [5.74, 6) is 0.867. The van der Waals surface area contributed by atoms with Gasteiger partial charge in [-0.3, -0.25) is 9.52 Å². The van der Waals surface area contributed by atoms with Crippen molar-refractivity contribution in [2.75, 3.05) is 24.2 Å². The number of para-hydroxylation sites is 3. The molecule has 0 aliphatic rings. The highest BCUT2D eigenvalue weighted by atomic mass is 32.2. The van der Waals surface area contributed by atoms with Crippen LogP contribution in [0.15, 0.2) is 78.9 Å². The molecule has 0 fully saturated rings. The van der Waals surface area contributed by atoms with Crippen LogP contribution in [0.2, 0.25) is 0 Å². The molecule has 7 nitrogen and oxygen atoms in total. The zero-order chi connectivity index (χ0) is 22.1. The fraction of sp³-hybridized carbons (Fsp3) is 0.174. The number of carbonyl (C=O) groups is 1. The van der Waals surface area contributed by atoms with Gasteiger partial charge in [0.2, 0.25) is 10.0 Å². The van der Waals surface area contributed by atoms with Gasteiger partial charge in [-0.25, -0.2) is 8.42 Å². The molecule has 0 unspecified atom stereocenters. The molecular formula is C23H24N2O5S. The number of ether oxygens (including phenoxy) is 2. The van der Waals surface area contributed by atoms with Crippen LogP contribution in [0.4, 0.5) is 5.69 Å². The molecule has 31 heavy (non-hydrogen) atoms. The third kappa shape index (κ3) is 7.04. The average molecular weight is 441 g/mol. The predicted octanol–water partition coefficient (Wildman–Crippen LogP) is 3.45. The third-order valence-corrected chi connectivity index (χ3v) is 4.83. The monoisotopic (exact) mass is 440 g/mol. The van der Waals surface area contributed by atoms with E-state index in [2.05, 4.69) is 10.0 Å². The van der Waals surface area contributed by atoms with Gasteiger partial charge in [-0.2, -0.15) is 0 Å². The van der Waals surface area contributed by atoms with E-state index in [9.17, 15) is 13.2 Å². The lowest BCUT2D eigenvalue weighted by atomic mass is 10.1. The summed E-state index contributed by atoms with van der Waals surface area (Å²) in [6, 6.07) is 23.2. The molecule has 0 saturated carbocycles. The van der Waals surface area contributed by atoms with Gasteiger partial charge in [0, 0.05) is 6.54 Å². The van der Waals surface area contributed by atoms with Crippen molar-refractivity contribution in [2.45, 2.75) is 6.54 Å². The highest BCUT2D eigenvalue weighted by Crippen LogP contribution is 2.20. The first-order valence-electron chi connectivity index (χ1n) is 9.66. The second-order valence-corrected chi connectivity index (χ2v) is 8.47. The maximum absolute atomic E-state index is 12.7. The van der Waals surface area contributed by atoms with Crippen LogP contribution in [0, 0.1) is 0 Å². The molecule has 162 valence electrons. The molecule has 0 aromatic heterocycles. The number of amides is 1. The van der Waals surface area contributed by atoms with Gasteiger partial charge in [0.15, 0.2) is 0 Å². The van der Waals surface area contributed by atoms with E-state index in [1.807, 2.05) is 30.3 Å². The number of nitrogens with one attached hydrogen (secondary N) is 2. The minimum Gasteiger partial charge on any atom is -0.490 e. The topological polar surface area (TPSA) is 93.7 Å². The minimum atomic E-state index is -3.42. The lowest BCUT2D eigenvalue weighted by Crippen LogP contribution is -2.24. The largest absolute Gasteiger partial charge is 0.490 e. The molecule has 8 heteroatoms. The molecule has 0 aliphatic heterocycles. The normalized spacial score (nSPS) is 10.9. The summed E-state index contributed by atoms with van der Waals surface area (Å²) < 4.78 is 36.9. The van der Waals surface area contributed by atoms with E-state index < -0.39 is 10.0 Å². The van der Waals surface area contributed by atoms with E-state index in [0.29, 0.717) is 29.2 Å². The lowest BCUT2D eigenvalue weighted by Gasteiger charge is -2.14. The quantitative estimate of drug-likeness (QED) is 0.471. The van der Waals surface area contributed by atoms with Gasteiger partial charge in [-0.1, -0.05) is 48.5 Å². The maximum atomic E-state index is 12.7. The van der Waals surface area contributed by atoms with Crippen molar-refractivity contribution < 1.29 is 22.7 Å². The first-order valence-corrected chi connectivity index (χ1v) is 11.5. The maximum Gasteiger partial charge on any atom is 0.255 e. The van der Waals surface area contributed by atoms with Crippen molar-refractivity contribution >= 4 is 21.6 Å². The second-order valence-electron chi connectivity index (χ2n) is 6.72. The van der Waals surface area contributed by atoms with E-state index in [-0.39, 0.29) is 19.1 Å². The molecule has 3 aromatic carbocycles. The number of sulfonamides is 1. The van der Waals surface area contributed by atoms with Crippen molar-refractivity contribution in [1.82, 2.24) is 5.32 Å². The van der Waals surface area contributed by atoms with Crippen molar-refractivity contribution in [3.05, 3.63) is 90.0 Å². The molecule has 2 N–H and O–H groups in total. The summed E-state index contributed by atoms with van der Waals surface area (Å²) in [5, 5.41) is 2.81. The molecule has 3 rings (SSSR count). The summed E-state index contributed by atoms with van der Waals surface area (Å²) in [6.45, 7) is 0.772. The van der Waals surface area contributed by atoms with Crippen LogP contribution in [-0.2, 0) is 16.6 Å². The van der Waals surface area contributed by atoms with Crippen LogP contribution < -0.4 is 19.5 Å². The second kappa shape index (κ2) is 10.5. The molecule has 0 spiro atoms. The lowest BCUT2D eigenvalue weighted by molar-refractivity contribution is 0.0945. The molecule has 0 saturated heterocycles. The van der Waals surface area contributed by atoms with Gasteiger partial charge in [-0.05, 0) is 35.9 Å². The summed E-state index contributed by atoms with van der Waals surface area (Å²) >= 11 is 0. The van der Waals surface area contributed by atoms with Gasteiger partial charge >= 0.3 is 0 Å². The molecule has 0 aliphatic carbocycles. The van der Waals surface area contributed by atoms with E-state index in [1.165, 1.54) is 0 Å². The smallest absolute Gasteiger partial charge is 0.255 e. The zero-order valence-corrected chi connectivity index (χ0v) is 17.9. The number of benzene rings is 3. The van der Waals surface area contributed by atoms with Crippen LogP contribution >= 0.6 is 0 Å². The third-order valence-electron chi connectivity index (χ3n) is 4.24. The first-order chi connectivity index (χ1) is 14.9. The van der Waals surface area contributed by atoms with Gasteiger partial charge in [-0.15, -0.1) is 0 Å². The standard InChI is InChI=1S/C23H24N2O5S/c1-31(27,28)25-21-13-7-5-9-18(21)17-24-23(26)20-12-6-8-14-22(20)30-16-15-29-19-10-3-2-4-11-19/h2-14,25H,15-17H2,1H3,(H,24,26). The van der Waals surface area contributed by atoms with Crippen LogP contribution in [0.1, 0.15) is 15.9 Å². The predicted molar refractivity (Wildman–Crippen MR) is 120 cm³/mol. The van der Waals surface area contributed by atoms with Crippen molar-refractivity contribution in [2.24, 2.45) is 0 Å². The minimum absolute atomic E-state index is 0.156. The molecule has 0 radical (unpaired) electrons. The fourth-order valence-corrected chi connectivity index (χ4v) is 3.45. The Morgan fingerprint density at radius 2 is 1.48 bits per heavy atom. The summed E-state index contributed by atoms with van der Waals surface area (Å²) in [7, 11) is -3.42. The van der Waals surface area contributed by atoms with E-state index in [0.717, 1.165) is 12.0 Å². The Morgan fingerprint density at radius 1 is 0.839 bits per heavy atom. The molecule has 3 aromatic rings. The van der Waals surface area contributed by atoms with Crippen molar-refractivity contribution in [3.8, 4) is 11.5 Å². The summed E-state index contributed by atoms with van der Waals surface area (Å²) in [4.78, 5) is 12.7. The van der Waals surface area contributed by atoms with Crippen molar-refractivity contribution in [1.29, 1.82) is 0 Å². The highest BCUT2D eigenvalue weighted by molar-refractivity contribution is 7.92. The highest BCUT2D eigenvalue weighted by Gasteiger charge is 2.13. The number of carbonyl (C=O) groups excluding carboxylic acids is 1. The van der Waals surface area contributed by atoms with Gasteiger partial charge in [0.1, 0.15) is 24.7 Å². The summed E-state index contributed by atoms with van der Waals surface area (Å²) in [5.41, 5.74) is 1.46. The Morgan fingerprint density at radius 3 is 2.26 bits per heavy atom. The Labute approximate surface area is 182 Å². The Kier molecular flexibility index (Phi) is 7.50. The van der Waals surface area contributed by atoms with Gasteiger partial charge in [0.05, 0.1) is 17.5 Å².